The molecule has 1 aliphatic heterocycles. The maximum atomic E-state index is 12.4. The summed E-state index contributed by atoms with van der Waals surface area (Å²) < 4.78 is 5.38. The number of amides is 1. The first-order valence-corrected chi connectivity index (χ1v) is 9.68. The Morgan fingerprint density at radius 2 is 1.50 bits per heavy atom. The summed E-state index contributed by atoms with van der Waals surface area (Å²) >= 11 is 0. The fraction of sp³-hybridized carbons (Fsp3) is 0.900. The van der Waals surface area contributed by atoms with Crippen molar-refractivity contribution in [2.75, 3.05) is 6.61 Å². The van der Waals surface area contributed by atoms with Crippen molar-refractivity contribution in [3.8, 4) is 0 Å². The highest BCUT2D eigenvalue weighted by Gasteiger charge is 2.34. The molecule has 0 N–H and O–H groups in total. The predicted molar refractivity (Wildman–Crippen MR) is 95.5 cm³/mol. The van der Waals surface area contributed by atoms with Gasteiger partial charge < -0.3 is 9.64 Å². The fourth-order valence-corrected chi connectivity index (χ4v) is 4.43. The summed E-state index contributed by atoms with van der Waals surface area (Å²) in [5.74, 6) is 0.449. The molecular weight excluding hydrogens is 302 g/mol. The molecule has 2 atom stereocenters. The Balaban J connectivity index is 1.78. The van der Waals surface area contributed by atoms with E-state index in [2.05, 4.69) is 34.6 Å². The zero-order valence-corrected chi connectivity index (χ0v) is 16.1. The molecular formula is C20H35NO3. The Hall–Kier alpha value is -1.06. The monoisotopic (exact) mass is 337 g/mol. The summed E-state index contributed by atoms with van der Waals surface area (Å²) in [6.07, 6.45) is 7.20. The Morgan fingerprint density at radius 1 is 0.958 bits per heavy atom. The number of hydrogen-bond acceptors (Lipinski definition) is 3. The number of rotatable bonds is 3. The molecule has 2 fully saturated rings. The van der Waals surface area contributed by atoms with Gasteiger partial charge in [0.15, 0.2) is 6.61 Å². The number of carbonyl (C=O) groups is 2. The molecule has 0 radical (unpaired) electrons. The lowest BCUT2D eigenvalue weighted by Gasteiger charge is -2.39. The van der Waals surface area contributed by atoms with Gasteiger partial charge in [-0.3, -0.25) is 9.59 Å². The van der Waals surface area contributed by atoms with Crippen LogP contribution in [0.3, 0.4) is 0 Å². The minimum Gasteiger partial charge on any atom is -0.455 e. The summed E-state index contributed by atoms with van der Waals surface area (Å²) in [5.41, 5.74) is 0.311. The number of carbonyl (C=O) groups excluding carboxylic acids is 2. The van der Waals surface area contributed by atoms with Gasteiger partial charge in [0.1, 0.15) is 0 Å². The van der Waals surface area contributed by atoms with Gasteiger partial charge in [0.05, 0.1) is 5.92 Å². The predicted octanol–water partition coefficient (Wildman–Crippen LogP) is 4.17. The van der Waals surface area contributed by atoms with Crippen molar-refractivity contribution in [3.63, 3.8) is 0 Å². The molecule has 24 heavy (non-hydrogen) atoms. The van der Waals surface area contributed by atoms with Crippen molar-refractivity contribution in [3.05, 3.63) is 0 Å². The van der Waals surface area contributed by atoms with Gasteiger partial charge in [0.2, 0.25) is 0 Å². The lowest BCUT2D eigenvalue weighted by atomic mass is 9.70. The molecule has 4 nitrogen and oxygen atoms in total. The summed E-state index contributed by atoms with van der Waals surface area (Å²) in [7, 11) is 0. The van der Waals surface area contributed by atoms with E-state index in [0.717, 1.165) is 38.5 Å². The first kappa shape index (κ1) is 19.3. The zero-order chi connectivity index (χ0) is 17.9. The van der Waals surface area contributed by atoms with Gasteiger partial charge in [-0.25, -0.2) is 0 Å². The second-order valence-corrected chi connectivity index (χ2v) is 8.95. The Morgan fingerprint density at radius 3 is 2.00 bits per heavy atom. The van der Waals surface area contributed by atoms with Crippen LogP contribution in [0.25, 0.3) is 0 Å². The van der Waals surface area contributed by atoms with E-state index in [4.69, 9.17) is 4.74 Å². The van der Waals surface area contributed by atoms with Gasteiger partial charge >= 0.3 is 5.97 Å². The molecule has 2 aliphatic rings. The smallest absolute Gasteiger partial charge is 0.309 e. The maximum absolute atomic E-state index is 12.4. The molecule has 2 rings (SSSR count). The summed E-state index contributed by atoms with van der Waals surface area (Å²) in [6.45, 7) is 10.9. The van der Waals surface area contributed by atoms with Gasteiger partial charge in [-0.15, -0.1) is 0 Å². The average molecular weight is 338 g/mol. The zero-order valence-electron chi connectivity index (χ0n) is 16.1. The topological polar surface area (TPSA) is 46.6 Å². The van der Waals surface area contributed by atoms with Crippen LogP contribution in [0, 0.1) is 17.3 Å². The summed E-state index contributed by atoms with van der Waals surface area (Å²) in [5, 5.41) is 0. The van der Waals surface area contributed by atoms with Crippen LogP contribution >= 0.6 is 0 Å². The van der Waals surface area contributed by atoms with Crippen molar-refractivity contribution in [1.82, 2.24) is 4.90 Å². The molecule has 0 unspecified atom stereocenters. The average Bonchev–Trinajstić information content (AvgIpc) is 2.51. The van der Waals surface area contributed by atoms with Crippen LogP contribution in [-0.2, 0) is 14.3 Å². The van der Waals surface area contributed by atoms with Crippen LogP contribution in [0.5, 0.6) is 0 Å². The first-order chi connectivity index (χ1) is 11.2. The molecule has 0 aromatic carbocycles. The van der Waals surface area contributed by atoms with Crippen molar-refractivity contribution in [2.24, 2.45) is 17.3 Å². The van der Waals surface area contributed by atoms with Crippen LogP contribution in [0.15, 0.2) is 0 Å². The van der Waals surface area contributed by atoms with E-state index in [9.17, 15) is 9.59 Å². The van der Waals surface area contributed by atoms with E-state index in [1.54, 1.807) is 0 Å². The van der Waals surface area contributed by atoms with Gasteiger partial charge in [-0.1, -0.05) is 20.8 Å². The van der Waals surface area contributed by atoms with E-state index in [1.807, 2.05) is 4.90 Å². The molecule has 1 saturated carbocycles. The largest absolute Gasteiger partial charge is 0.455 e. The summed E-state index contributed by atoms with van der Waals surface area (Å²) in [4.78, 5) is 26.7. The number of esters is 1. The van der Waals surface area contributed by atoms with Crippen LogP contribution in [-0.4, -0.2) is 35.5 Å². The molecule has 0 aromatic heterocycles. The van der Waals surface area contributed by atoms with E-state index in [1.165, 1.54) is 6.42 Å². The summed E-state index contributed by atoms with van der Waals surface area (Å²) in [6, 6.07) is 0.504. The SMILES string of the molecule is C[C@@H]1CCC[C@@H](C)N1C(=O)COC(=O)C1CCC(C(C)(C)C)CC1. The van der Waals surface area contributed by atoms with Crippen molar-refractivity contribution >= 4 is 11.9 Å². The number of hydrogen-bond donors (Lipinski definition) is 0. The second kappa shape index (κ2) is 7.88. The van der Waals surface area contributed by atoms with Crippen LogP contribution in [0.4, 0.5) is 0 Å². The standard InChI is InChI=1S/C20H35NO3/c1-14-7-6-8-15(2)21(14)18(22)13-24-19(23)16-9-11-17(12-10-16)20(3,4)5/h14-17H,6-13H2,1-5H3/t14-,15-,16?,17?/m1/s1. The Labute approximate surface area is 147 Å². The normalized spacial score (nSPS) is 31.6. The quantitative estimate of drug-likeness (QED) is 0.726. The third-order valence-corrected chi connectivity index (χ3v) is 6.10. The number of piperidine rings is 1. The lowest BCUT2D eigenvalue weighted by molar-refractivity contribution is -0.159. The molecule has 0 bridgehead atoms. The van der Waals surface area contributed by atoms with E-state index in [-0.39, 0.29) is 36.5 Å². The highest BCUT2D eigenvalue weighted by atomic mass is 16.5. The molecule has 138 valence electrons. The number of nitrogens with zero attached hydrogens (tertiary/aromatic N) is 1. The maximum Gasteiger partial charge on any atom is 0.309 e. The van der Waals surface area contributed by atoms with Crippen molar-refractivity contribution in [2.45, 2.75) is 91.6 Å². The number of ether oxygens (including phenoxy) is 1. The Kier molecular flexibility index (Phi) is 6.33. The van der Waals surface area contributed by atoms with E-state index >= 15 is 0 Å². The molecule has 0 aromatic rings. The molecule has 4 heteroatoms. The molecule has 1 heterocycles. The van der Waals surface area contributed by atoms with Gasteiger partial charge in [0, 0.05) is 12.1 Å². The van der Waals surface area contributed by atoms with E-state index in [0.29, 0.717) is 11.3 Å². The van der Waals surface area contributed by atoms with Gasteiger partial charge in [-0.05, 0) is 70.1 Å². The van der Waals surface area contributed by atoms with Crippen LogP contribution in [0.2, 0.25) is 0 Å². The second-order valence-electron chi connectivity index (χ2n) is 8.95. The van der Waals surface area contributed by atoms with Crippen LogP contribution in [0.1, 0.15) is 79.6 Å². The first-order valence-electron chi connectivity index (χ1n) is 9.68. The fourth-order valence-electron chi connectivity index (χ4n) is 4.43. The van der Waals surface area contributed by atoms with E-state index < -0.39 is 0 Å². The molecule has 1 saturated heterocycles. The molecule has 1 amide bonds. The molecule has 0 spiro atoms. The van der Waals surface area contributed by atoms with Gasteiger partial charge in [0.25, 0.3) is 5.91 Å². The van der Waals surface area contributed by atoms with Gasteiger partial charge in [-0.2, -0.15) is 0 Å². The van der Waals surface area contributed by atoms with Crippen molar-refractivity contribution in [1.29, 1.82) is 0 Å². The third-order valence-electron chi connectivity index (χ3n) is 6.10. The van der Waals surface area contributed by atoms with Crippen molar-refractivity contribution < 1.29 is 14.3 Å². The lowest BCUT2D eigenvalue weighted by Crippen LogP contribution is -2.49. The van der Waals surface area contributed by atoms with Crippen LogP contribution < -0.4 is 0 Å². The highest BCUT2D eigenvalue weighted by Crippen LogP contribution is 2.40. The molecule has 1 aliphatic carbocycles. The Bertz CT molecular complexity index is 436. The minimum absolute atomic E-state index is 0.0207. The third kappa shape index (κ3) is 4.73. The minimum atomic E-state index is -0.173. The number of likely N-dealkylation sites (tertiary alicyclic amines) is 1. The highest BCUT2D eigenvalue weighted by molar-refractivity contribution is 5.81.